The number of carbonyl (C=O) groups is 2. The number of thiophene rings is 1. The first-order chi connectivity index (χ1) is 13.8. The van der Waals surface area contributed by atoms with Crippen LogP contribution in [-0.2, 0) is 12.8 Å². The third-order valence-electron chi connectivity index (χ3n) is 5.77. The Bertz CT molecular complexity index is 930. The van der Waals surface area contributed by atoms with Gasteiger partial charge in [-0.25, -0.2) is 14.8 Å². The molecule has 1 saturated heterocycles. The summed E-state index contributed by atoms with van der Waals surface area (Å²) >= 11 is 1.37. The molecule has 154 valence electrons. The third-order valence-corrected chi connectivity index (χ3v) is 6.92. The fraction of sp³-hybridized carbons (Fsp3) is 0.524. The predicted molar refractivity (Wildman–Crippen MR) is 113 cm³/mol. The van der Waals surface area contributed by atoms with Gasteiger partial charge in [0.2, 0.25) is 0 Å². The quantitative estimate of drug-likeness (QED) is 0.785. The van der Waals surface area contributed by atoms with E-state index in [0.29, 0.717) is 5.00 Å². The summed E-state index contributed by atoms with van der Waals surface area (Å²) in [7, 11) is 0. The summed E-state index contributed by atoms with van der Waals surface area (Å²) in [5.41, 5.74) is 1.43. The second kappa shape index (κ2) is 7.74. The van der Waals surface area contributed by atoms with Gasteiger partial charge >= 0.3 is 5.97 Å². The predicted octanol–water partition coefficient (Wildman–Crippen LogP) is 3.99. The van der Waals surface area contributed by atoms with Gasteiger partial charge in [-0.2, -0.15) is 0 Å². The zero-order valence-electron chi connectivity index (χ0n) is 16.8. The Labute approximate surface area is 174 Å². The molecule has 0 unspecified atom stereocenters. The van der Waals surface area contributed by atoms with E-state index in [1.165, 1.54) is 24.0 Å². The van der Waals surface area contributed by atoms with E-state index in [0.717, 1.165) is 61.5 Å². The molecule has 1 aliphatic heterocycles. The number of fused-ring (bicyclic) bond motifs is 1. The van der Waals surface area contributed by atoms with Crippen molar-refractivity contribution in [3.63, 3.8) is 0 Å². The van der Waals surface area contributed by atoms with Crippen molar-refractivity contribution < 1.29 is 14.7 Å². The van der Waals surface area contributed by atoms with Crippen LogP contribution in [0.15, 0.2) is 12.4 Å². The number of rotatable bonds is 4. The monoisotopic (exact) mass is 414 g/mol. The molecule has 8 heteroatoms. The standard InChI is InChI=1S/C21H26N4O3S/c1-21(2)7-6-13-15(10-21)29-19(17(13)20(27)28)24-18(26)14-11-23-16(12-22-14)25-8-4-3-5-9-25/h11-12H,3-10H2,1-2H3,(H,24,26)(H,27,28). The summed E-state index contributed by atoms with van der Waals surface area (Å²) in [6.07, 6.45) is 9.10. The van der Waals surface area contributed by atoms with E-state index in [1.54, 1.807) is 6.20 Å². The molecule has 2 aliphatic rings. The molecule has 2 N–H and O–H groups in total. The number of carboxylic acids is 1. The zero-order chi connectivity index (χ0) is 20.6. The lowest BCUT2D eigenvalue weighted by Gasteiger charge is -2.29. The molecule has 2 aromatic rings. The van der Waals surface area contributed by atoms with E-state index in [-0.39, 0.29) is 16.7 Å². The van der Waals surface area contributed by atoms with Crippen LogP contribution in [-0.4, -0.2) is 40.0 Å². The molecule has 2 aromatic heterocycles. The molecule has 0 atom stereocenters. The number of carboxylic acid groups (broad SMARTS) is 1. The minimum atomic E-state index is -0.996. The van der Waals surface area contributed by atoms with E-state index in [4.69, 9.17) is 0 Å². The summed E-state index contributed by atoms with van der Waals surface area (Å²) in [6, 6.07) is 0. The van der Waals surface area contributed by atoms with Gasteiger partial charge in [-0.1, -0.05) is 13.8 Å². The van der Waals surface area contributed by atoms with Crippen LogP contribution in [0.1, 0.15) is 70.8 Å². The van der Waals surface area contributed by atoms with Crippen LogP contribution in [0, 0.1) is 5.41 Å². The maximum absolute atomic E-state index is 12.7. The van der Waals surface area contributed by atoms with Gasteiger partial charge in [0.1, 0.15) is 16.5 Å². The van der Waals surface area contributed by atoms with E-state index < -0.39 is 11.9 Å². The molecule has 29 heavy (non-hydrogen) atoms. The highest BCUT2D eigenvalue weighted by molar-refractivity contribution is 7.17. The van der Waals surface area contributed by atoms with Gasteiger partial charge in [-0.05, 0) is 49.5 Å². The molecule has 3 heterocycles. The largest absolute Gasteiger partial charge is 0.478 e. The van der Waals surface area contributed by atoms with E-state index in [9.17, 15) is 14.7 Å². The van der Waals surface area contributed by atoms with Crippen LogP contribution in [0.5, 0.6) is 0 Å². The van der Waals surface area contributed by atoms with Crippen molar-refractivity contribution in [2.45, 2.75) is 52.4 Å². The Morgan fingerprint density at radius 3 is 2.59 bits per heavy atom. The van der Waals surface area contributed by atoms with E-state index in [2.05, 4.69) is 34.0 Å². The second-order valence-corrected chi connectivity index (χ2v) is 9.72. The Kier molecular flexibility index (Phi) is 5.29. The minimum Gasteiger partial charge on any atom is -0.478 e. The normalized spacial score (nSPS) is 18.2. The highest BCUT2D eigenvalue weighted by Crippen LogP contribution is 2.43. The summed E-state index contributed by atoms with van der Waals surface area (Å²) < 4.78 is 0. The number of carbonyl (C=O) groups excluding carboxylic acids is 1. The van der Waals surface area contributed by atoms with Crippen LogP contribution in [0.3, 0.4) is 0 Å². The molecule has 1 aliphatic carbocycles. The summed E-state index contributed by atoms with van der Waals surface area (Å²) in [5, 5.41) is 12.9. The maximum atomic E-state index is 12.7. The van der Waals surface area contributed by atoms with Crippen molar-refractivity contribution in [1.29, 1.82) is 0 Å². The maximum Gasteiger partial charge on any atom is 0.339 e. The second-order valence-electron chi connectivity index (χ2n) is 8.62. The molecule has 0 bridgehead atoms. The smallest absolute Gasteiger partial charge is 0.339 e. The van der Waals surface area contributed by atoms with Crippen molar-refractivity contribution >= 4 is 34.0 Å². The number of hydrogen-bond acceptors (Lipinski definition) is 6. The number of anilines is 2. The Morgan fingerprint density at radius 1 is 1.17 bits per heavy atom. The van der Waals surface area contributed by atoms with Gasteiger partial charge in [-0.3, -0.25) is 4.79 Å². The number of nitrogens with one attached hydrogen (secondary N) is 1. The molecular formula is C21H26N4O3S. The lowest BCUT2D eigenvalue weighted by atomic mass is 9.77. The lowest BCUT2D eigenvalue weighted by Crippen LogP contribution is -2.30. The molecule has 1 fully saturated rings. The van der Waals surface area contributed by atoms with E-state index >= 15 is 0 Å². The Hall–Kier alpha value is -2.48. The number of piperidine rings is 1. The van der Waals surface area contributed by atoms with Crippen molar-refractivity contribution in [3.05, 3.63) is 34.1 Å². The zero-order valence-corrected chi connectivity index (χ0v) is 17.6. The van der Waals surface area contributed by atoms with Gasteiger partial charge in [0.05, 0.1) is 18.0 Å². The van der Waals surface area contributed by atoms with E-state index in [1.807, 2.05) is 0 Å². The summed E-state index contributed by atoms with van der Waals surface area (Å²) in [4.78, 5) is 36.5. The first-order valence-corrected chi connectivity index (χ1v) is 10.9. The SMILES string of the molecule is CC1(C)CCc2c(sc(NC(=O)c3cnc(N4CCCCC4)cn3)c2C(=O)O)C1. The van der Waals surface area contributed by atoms with Crippen molar-refractivity contribution in [2.75, 3.05) is 23.3 Å². The van der Waals surface area contributed by atoms with Crippen molar-refractivity contribution in [2.24, 2.45) is 5.41 Å². The Morgan fingerprint density at radius 2 is 1.93 bits per heavy atom. The van der Waals surface area contributed by atoms with Gasteiger partial charge < -0.3 is 15.3 Å². The topological polar surface area (TPSA) is 95.4 Å². The molecular weight excluding hydrogens is 388 g/mol. The van der Waals surface area contributed by atoms with Crippen LogP contribution < -0.4 is 10.2 Å². The fourth-order valence-corrected chi connectivity index (χ4v) is 5.60. The molecule has 0 radical (unpaired) electrons. The first kappa shape index (κ1) is 19.8. The number of aromatic nitrogens is 2. The van der Waals surface area contributed by atoms with Gasteiger partial charge in [0.15, 0.2) is 0 Å². The highest BCUT2D eigenvalue weighted by Gasteiger charge is 2.33. The molecule has 1 amide bonds. The number of amides is 1. The molecule has 0 saturated carbocycles. The lowest BCUT2D eigenvalue weighted by molar-refractivity contribution is 0.0696. The third kappa shape index (κ3) is 4.12. The van der Waals surface area contributed by atoms with Crippen molar-refractivity contribution in [3.8, 4) is 0 Å². The summed E-state index contributed by atoms with van der Waals surface area (Å²) in [6.45, 7) is 6.29. The average Bonchev–Trinajstić information content (AvgIpc) is 3.04. The van der Waals surface area contributed by atoms with Gasteiger partial charge in [0.25, 0.3) is 5.91 Å². The molecule has 0 aromatic carbocycles. The van der Waals surface area contributed by atoms with Crippen LogP contribution in [0.25, 0.3) is 0 Å². The molecule has 7 nitrogen and oxygen atoms in total. The van der Waals surface area contributed by atoms with Crippen LogP contribution in [0.4, 0.5) is 10.8 Å². The number of hydrogen-bond donors (Lipinski definition) is 2. The van der Waals surface area contributed by atoms with Gasteiger partial charge in [-0.15, -0.1) is 11.3 Å². The fourth-order valence-electron chi connectivity index (χ4n) is 4.11. The minimum absolute atomic E-state index is 0.144. The first-order valence-electron chi connectivity index (χ1n) is 10.1. The number of nitrogens with zero attached hydrogens (tertiary/aromatic N) is 3. The molecule has 0 spiro atoms. The number of aromatic carboxylic acids is 1. The highest BCUT2D eigenvalue weighted by atomic mass is 32.1. The average molecular weight is 415 g/mol. The molecule has 4 rings (SSSR count). The Balaban J connectivity index is 1.54. The van der Waals surface area contributed by atoms with Gasteiger partial charge in [0, 0.05) is 18.0 Å². The van der Waals surface area contributed by atoms with Crippen LogP contribution in [0.2, 0.25) is 0 Å². The summed E-state index contributed by atoms with van der Waals surface area (Å²) in [5.74, 6) is -0.645. The van der Waals surface area contributed by atoms with Crippen LogP contribution >= 0.6 is 11.3 Å². The van der Waals surface area contributed by atoms with Crippen molar-refractivity contribution in [1.82, 2.24) is 9.97 Å².